The Morgan fingerprint density at radius 1 is 1.06 bits per heavy atom. The first-order valence-corrected chi connectivity index (χ1v) is 10.3. The molecule has 0 spiro atoms. The largest absolute Gasteiger partial charge is 0.463 e. The number of hydrogen-bond acceptors (Lipinski definition) is 6. The Balaban J connectivity index is 1.66. The Kier molecular flexibility index (Phi) is 5.77. The number of aromatic nitrogens is 2. The molecule has 4 rings (SSSR count). The number of furan rings is 1. The molecule has 0 unspecified atom stereocenters. The summed E-state index contributed by atoms with van der Waals surface area (Å²) in [7, 11) is 3.43. The van der Waals surface area contributed by atoms with E-state index in [2.05, 4.69) is 10.1 Å². The molecular weight excluding hydrogens is 408 g/mol. The van der Waals surface area contributed by atoms with Crippen LogP contribution < -0.4 is 0 Å². The molecule has 0 saturated heterocycles. The van der Waals surface area contributed by atoms with Crippen LogP contribution in [0.1, 0.15) is 38.9 Å². The van der Waals surface area contributed by atoms with Gasteiger partial charge in [0, 0.05) is 32.7 Å². The molecule has 32 heavy (non-hydrogen) atoms. The van der Waals surface area contributed by atoms with Crippen molar-refractivity contribution in [3.05, 3.63) is 71.1 Å². The van der Waals surface area contributed by atoms with E-state index in [1.165, 1.54) is 4.90 Å². The molecule has 4 aromatic rings. The van der Waals surface area contributed by atoms with Crippen LogP contribution in [0.15, 0.2) is 57.7 Å². The van der Waals surface area contributed by atoms with E-state index in [4.69, 9.17) is 8.94 Å². The quantitative estimate of drug-likeness (QED) is 0.454. The number of fused-ring (bicyclic) bond motifs is 1. The van der Waals surface area contributed by atoms with Gasteiger partial charge in [-0.05, 0) is 49.7 Å². The molecule has 0 aliphatic heterocycles. The van der Waals surface area contributed by atoms with Gasteiger partial charge in [0.2, 0.25) is 0 Å². The standard InChI is InChI=1S/C24H24N4O4/c1-5-28(14-16-8-10-17(11-9-16)23(29)27(3)4)24(30)18-13-19(20-7-6-12-31-20)25-22-21(18)15(2)26-32-22/h6-13H,5,14H2,1-4H3. The summed E-state index contributed by atoms with van der Waals surface area (Å²) in [4.78, 5) is 33.4. The summed E-state index contributed by atoms with van der Waals surface area (Å²) in [6.07, 6.45) is 1.55. The van der Waals surface area contributed by atoms with E-state index in [-0.39, 0.29) is 11.8 Å². The number of carbonyl (C=O) groups excluding carboxylic acids is 2. The number of nitrogens with zero attached hydrogens (tertiary/aromatic N) is 4. The molecule has 3 heterocycles. The Labute approximate surface area is 185 Å². The Bertz CT molecular complexity index is 1260. The lowest BCUT2D eigenvalue weighted by molar-refractivity contribution is 0.0753. The average Bonchev–Trinajstić information content (AvgIpc) is 3.47. The predicted molar refractivity (Wildman–Crippen MR) is 119 cm³/mol. The van der Waals surface area contributed by atoms with Gasteiger partial charge in [-0.25, -0.2) is 4.98 Å². The van der Waals surface area contributed by atoms with Crippen molar-refractivity contribution in [2.24, 2.45) is 0 Å². The van der Waals surface area contributed by atoms with Crippen LogP contribution in [-0.2, 0) is 6.54 Å². The van der Waals surface area contributed by atoms with Gasteiger partial charge in [0.05, 0.1) is 22.9 Å². The first-order valence-electron chi connectivity index (χ1n) is 10.3. The Hall–Kier alpha value is -3.94. The van der Waals surface area contributed by atoms with Gasteiger partial charge in [-0.1, -0.05) is 17.3 Å². The van der Waals surface area contributed by atoms with Gasteiger partial charge in [0.25, 0.3) is 17.5 Å². The number of benzene rings is 1. The normalized spacial score (nSPS) is 11.0. The molecule has 164 valence electrons. The van der Waals surface area contributed by atoms with Crippen LogP contribution in [0, 0.1) is 6.92 Å². The van der Waals surface area contributed by atoms with Crippen LogP contribution >= 0.6 is 0 Å². The van der Waals surface area contributed by atoms with Gasteiger partial charge < -0.3 is 18.7 Å². The third kappa shape index (κ3) is 3.99. The van der Waals surface area contributed by atoms with Crippen molar-refractivity contribution < 1.29 is 18.5 Å². The minimum absolute atomic E-state index is 0.0625. The van der Waals surface area contributed by atoms with Crippen molar-refractivity contribution in [3.63, 3.8) is 0 Å². The van der Waals surface area contributed by atoms with Gasteiger partial charge in [0.1, 0.15) is 5.69 Å². The predicted octanol–water partition coefficient (Wildman–Crippen LogP) is 4.16. The molecule has 0 aliphatic carbocycles. The summed E-state index contributed by atoms with van der Waals surface area (Å²) < 4.78 is 10.8. The highest BCUT2D eigenvalue weighted by atomic mass is 16.5. The smallest absolute Gasteiger partial charge is 0.259 e. The van der Waals surface area contributed by atoms with Crippen LogP contribution in [-0.4, -0.2) is 52.4 Å². The molecule has 8 heteroatoms. The summed E-state index contributed by atoms with van der Waals surface area (Å²) in [6, 6.07) is 12.5. The minimum atomic E-state index is -0.160. The molecule has 0 N–H and O–H groups in total. The molecule has 2 amide bonds. The zero-order valence-corrected chi connectivity index (χ0v) is 18.5. The number of rotatable bonds is 6. The molecule has 0 aliphatic rings. The van der Waals surface area contributed by atoms with Crippen LogP contribution in [0.4, 0.5) is 0 Å². The highest BCUT2D eigenvalue weighted by molar-refractivity contribution is 6.06. The number of pyridine rings is 1. The fourth-order valence-corrected chi connectivity index (χ4v) is 3.54. The van der Waals surface area contributed by atoms with Gasteiger partial charge in [-0.15, -0.1) is 0 Å². The second kappa shape index (κ2) is 8.66. The molecule has 3 aromatic heterocycles. The van der Waals surface area contributed by atoms with E-state index in [1.54, 1.807) is 62.5 Å². The van der Waals surface area contributed by atoms with Crippen LogP contribution in [0.5, 0.6) is 0 Å². The number of hydrogen-bond donors (Lipinski definition) is 0. The van der Waals surface area contributed by atoms with Crippen molar-refractivity contribution in [2.75, 3.05) is 20.6 Å². The van der Waals surface area contributed by atoms with Crippen molar-refractivity contribution >= 4 is 22.9 Å². The lowest BCUT2D eigenvalue weighted by Crippen LogP contribution is -2.30. The summed E-state index contributed by atoms with van der Waals surface area (Å²) in [5.74, 6) is 0.319. The van der Waals surface area contributed by atoms with Gasteiger partial charge >= 0.3 is 0 Å². The summed E-state index contributed by atoms with van der Waals surface area (Å²) in [5, 5.41) is 4.59. The molecule has 0 fully saturated rings. The van der Waals surface area contributed by atoms with Crippen LogP contribution in [0.2, 0.25) is 0 Å². The monoisotopic (exact) mass is 432 g/mol. The SMILES string of the molecule is CCN(Cc1ccc(C(=O)N(C)C)cc1)C(=O)c1cc(-c2ccco2)nc2onc(C)c12. The van der Waals surface area contributed by atoms with Gasteiger partial charge in [-0.3, -0.25) is 9.59 Å². The fourth-order valence-electron chi connectivity index (χ4n) is 3.54. The van der Waals surface area contributed by atoms with E-state index >= 15 is 0 Å². The summed E-state index contributed by atoms with van der Waals surface area (Å²) in [6.45, 7) is 4.61. The maximum atomic E-state index is 13.6. The van der Waals surface area contributed by atoms with E-state index in [0.717, 1.165) is 5.56 Å². The third-order valence-electron chi connectivity index (χ3n) is 5.27. The second-order valence-corrected chi connectivity index (χ2v) is 7.70. The highest BCUT2D eigenvalue weighted by Crippen LogP contribution is 2.28. The molecule has 0 saturated carbocycles. The maximum Gasteiger partial charge on any atom is 0.259 e. The first-order chi connectivity index (χ1) is 15.4. The summed E-state index contributed by atoms with van der Waals surface area (Å²) >= 11 is 0. The molecular formula is C24H24N4O4. The molecule has 0 radical (unpaired) electrons. The first kappa shape index (κ1) is 21.3. The molecule has 8 nitrogen and oxygen atoms in total. The van der Waals surface area contributed by atoms with Crippen molar-refractivity contribution in [1.29, 1.82) is 0 Å². The van der Waals surface area contributed by atoms with Gasteiger partial charge in [0.15, 0.2) is 5.76 Å². The molecule has 0 atom stereocenters. The Morgan fingerprint density at radius 2 is 1.81 bits per heavy atom. The van der Waals surface area contributed by atoms with E-state index in [9.17, 15) is 9.59 Å². The number of carbonyl (C=O) groups is 2. The topological polar surface area (TPSA) is 92.7 Å². The molecule has 0 bridgehead atoms. The zero-order chi connectivity index (χ0) is 22.8. The lowest BCUT2D eigenvalue weighted by atomic mass is 10.1. The lowest BCUT2D eigenvalue weighted by Gasteiger charge is -2.22. The van der Waals surface area contributed by atoms with Crippen molar-refractivity contribution in [2.45, 2.75) is 20.4 Å². The fraction of sp³-hybridized carbons (Fsp3) is 0.250. The Morgan fingerprint density at radius 3 is 2.44 bits per heavy atom. The average molecular weight is 432 g/mol. The van der Waals surface area contributed by atoms with Crippen molar-refractivity contribution in [1.82, 2.24) is 19.9 Å². The summed E-state index contributed by atoms with van der Waals surface area (Å²) in [5.41, 5.74) is 3.39. The number of aryl methyl sites for hydroxylation is 1. The highest BCUT2D eigenvalue weighted by Gasteiger charge is 2.23. The van der Waals surface area contributed by atoms with Crippen LogP contribution in [0.3, 0.4) is 0 Å². The van der Waals surface area contributed by atoms with E-state index < -0.39 is 0 Å². The van der Waals surface area contributed by atoms with E-state index in [0.29, 0.717) is 52.5 Å². The molecule has 1 aromatic carbocycles. The van der Waals surface area contributed by atoms with Crippen molar-refractivity contribution in [3.8, 4) is 11.5 Å². The minimum Gasteiger partial charge on any atom is -0.463 e. The van der Waals surface area contributed by atoms with E-state index in [1.807, 2.05) is 19.1 Å². The maximum absolute atomic E-state index is 13.6. The zero-order valence-electron chi connectivity index (χ0n) is 18.5. The van der Waals surface area contributed by atoms with Gasteiger partial charge in [-0.2, -0.15) is 0 Å². The van der Waals surface area contributed by atoms with Crippen LogP contribution in [0.25, 0.3) is 22.6 Å². The second-order valence-electron chi connectivity index (χ2n) is 7.70. The number of amides is 2. The third-order valence-corrected chi connectivity index (χ3v) is 5.27.